The Hall–Kier alpha value is -1.97. The summed E-state index contributed by atoms with van der Waals surface area (Å²) in [5, 5.41) is 0. The Morgan fingerprint density at radius 2 is 1.94 bits per heavy atom. The molecule has 4 heteroatoms. The van der Waals surface area contributed by atoms with Crippen molar-refractivity contribution in [3.63, 3.8) is 0 Å². The third kappa shape index (κ3) is 2.25. The lowest BCUT2D eigenvalue weighted by atomic mass is 10.1. The fourth-order valence-corrected chi connectivity index (χ4v) is 1.56. The van der Waals surface area contributed by atoms with Gasteiger partial charge in [0.2, 0.25) is 5.89 Å². The van der Waals surface area contributed by atoms with Crippen molar-refractivity contribution in [3.05, 3.63) is 41.5 Å². The van der Waals surface area contributed by atoms with Crippen LogP contribution in [0.2, 0.25) is 0 Å². The van der Waals surface area contributed by atoms with Gasteiger partial charge in [-0.25, -0.2) is 9.37 Å². The quantitative estimate of drug-likeness (QED) is 0.763. The Labute approximate surface area is 98.3 Å². The normalized spacial score (nSPS) is 10.8. The van der Waals surface area contributed by atoms with E-state index in [9.17, 15) is 9.18 Å². The highest BCUT2D eigenvalue weighted by Gasteiger charge is 2.16. The molecule has 0 amide bonds. The van der Waals surface area contributed by atoms with Gasteiger partial charge in [0.15, 0.2) is 6.29 Å². The number of oxazole rings is 1. The van der Waals surface area contributed by atoms with Crippen LogP contribution in [0.1, 0.15) is 36.0 Å². The first-order chi connectivity index (χ1) is 8.11. The van der Waals surface area contributed by atoms with E-state index in [-0.39, 0.29) is 11.7 Å². The number of benzene rings is 1. The molecule has 17 heavy (non-hydrogen) atoms. The summed E-state index contributed by atoms with van der Waals surface area (Å²) in [7, 11) is 0. The number of aromatic nitrogens is 1. The average molecular weight is 233 g/mol. The highest BCUT2D eigenvalue weighted by atomic mass is 19.1. The summed E-state index contributed by atoms with van der Waals surface area (Å²) in [5.41, 5.74) is 0.959. The summed E-state index contributed by atoms with van der Waals surface area (Å²) in [6.07, 6.45) is 0.672. The fraction of sp³-hybridized carbons (Fsp3) is 0.231. The molecule has 2 rings (SSSR count). The van der Waals surface area contributed by atoms with Crippen LogP contribution in [0, 0.1) is 5.82 Å². The Bertz CT molecular complexity index is 529. The van der Waals surface area contributed by atoms with Crippen molar-refractivity contribution in [2.45, 2.75) is 19.8 Å². The van der Waals surface area contributed by atoms with E-state index in [1.807, 2.05) is 13.8 Å². The van der Waals surface area contributed by atoms with Crippen LogP contribution in [0.25, 0.3) is 11.5 Å². The van der Waals surface area contributed by atoms with Gasteiger partial charge >= 0.3 is 0 Å². The summed E-state index contributed by atoms with van der Waals surface area (Å²) >= 11 is 0. The molecule has 0 saturated carbocycles. The third-order valence-electron chi connectivity index (χ3n) is 2.41. The monoisotopic (exact) mass is 233 g/mol. The van der Waals surface area contributed by atoms with Crippen LogP contribution >= 0.6 is 0 Å². The van der Waals surface area contributed by atoms with Crippen LogP contribution in [-0.4, -0.2) is 11.3 Å². The number of carbonyl (C=O) groups is 1. The Kier molecular flexibility index (Phi) is 3.04. The van der Waals surface area contributed by atoms with Crippen LogP contribution in [0.15, 0.2) is 28.7 Å². The second kappa shape index (κ2) is 4.49. The Balaban J connectivity index is 2.46. The smallest absolute Gasteiger partial charge is 0.226 e. The zero-order valence-corrected chi connectivity index (χ0v) is 9.61. The number of aldehydes is 1. The molecule has 1 heterocycles. The predicted octanol–water partition coefficient (Wildman–Crippen LogP) is 3.42. The van der Waals surface area contributed by atoms with Crippen molar-refractivity contribution in [2.75, 3.05) is 0 Å². The van der Waals surface area contributed by atoms with Crippen molar-refractivity contribution < 1.29 is 13.6 Å². The number of hydrogen-bond acceptors (Lipinski definition) is 3. The molecule has 0 spiro atoms. The highest BCUT2D eigenvalue weighted by Crippen LogP contribution is 2.26. The molecule has 88 valence electrons. The molecule has 1 aromatic heterocycles. The zero-order valence-electron chi connectivity index (χ0n) is 9.61. The van der Waals surface area contributed by atoms with Crippen molar-refractivity contribution in [2.24, 2.45) is 0 Å². The number of rotatable bonds is 3. The first-order valence-corrected chi connectivity index (χ1v) is 5.33. The van der Waals surface area contributed by atoms with Crippen LogP contribution in [-0.2, 0) is 0 Å². The number of halogens is 1. The van der Waals surface area contributed by atoms with Crippen molar-refractivity contribution >= 4 is 6.29 Å². The van der Waals surface area contributed by atoms with Crippen LogP contribution in [0.5, 0.6) is 0 Å². The van der Waals surface area contributed by atoms with Gasteiger partial charge in [0.1, 0.15) is 17.3 Å². The number of hydrogen-bond donors (Lipinski definition) is 0. The van der Waals surface area contributed by atoms with Crippen molar-refractivity contribution in [3.8, 4) is 11.5 Å². The van der Waals surface area contributed by atoms with Crippen molar-refractivity contribution in [1.29, 1.82) is 0 Å². The largest absolute Gasteiger partial charge is 0.440 e. The van der Waals surface area contributed by atoms with Crippen LogP contribution < -0.4 is 0 Å². The molecule has 0 bridgehead atoms. The maximum atomic E-state index is 12.8. The average Bonchev–Trinajstić information content (AvgIpc) is 2.74. The van der Waals surface area contributed by atoms with Gasteiger partial charge in [-0.15, -0.1) is 0 Å². The lowest BCUT2D eigenvalue weighted by Gasteiger charge is -1.98. The molecular weight excluding hydrogens is 221 g/mol. The standard InChI is InChI=1S/C13H12FNO2/c1-8(2)12-11(7-16)15-13(17-12)9-3-5-10(14)6-4-9/h3-8H,1-2H3. The molecule has 3 nitrogen and oxygen atoms in total. The SMILES string of the molecule is CC(C)c1oc(-c2ccc(F)cc2)nc1C=O. The Morgan fingerprint density at radius 3 is 2.41 bits per heavy atom. The summed E-state index contributed by atoms with van der Waals surface area (Å²) in [6, 6.07) is 5.80. The molecule has 0 aliphatic rings. The van der Waals surface area contributed by atoms with E-state index < -0.39 is 0 Å². The lowest BCUT2D eigenvalue weighted by molar-refractivity contribution is 0.111. The molecule has 0 saturated heterocycles. The third-order valence-corrected chi connectivity index (χ3v) is 2.41. The van der Waals surface area contributed by atoms with Gasteiger partial charge < -0.3 is 4.42 Å². The maximum absolute atomic E-state index is 12.8. The second-order valence-corrected chi connectivity index (χ2v) is 4.05. The van der Waals surface area contributed by atoms with E-state index in [2.05, 4.69) is 4.98 Å². The molecule has 0 unspecified atom stereocenters. The molecular formula is C13H12FNO2. The predicted molar refractivity (Wildman–Crippen MR) is 61.4 cm³/mol. The van der Waals surface area contributed by atoms with E-state index >= 15 is 0 Å². The maximum Gasteiger partial charge on any atom is 0.226 e. The molecule has 0 fully saturated rings. The minimum atomic E-state index is -0.319. The Morgan fingerprint density at radius 1 is 1.29 bits per heavy atom. The van der Waals surface area contributed by atoms with E-state index in [1.54, 1.807) is 12.1 Å². The molecule has 2 aromatic rings. The van der Waals surface area contributed by atoms with E-state index in [4.69, 9.17) is 4.42 Å². The summed E-state index contributed by atoms with van der Waals surface area (Å²) in [5.74, 6) is 0.659. The fourth-order valence-electron chi connectivity index (χ4n) is 1.56. The second-order valence-electron chi connectivity index (χ2n) is 4.05. The molecule has 0 radical (unpaired) electrons. The van der Waals surface area contributed by atoms with Gasteiger partial charge in [-0.2, -0.15) is 0 Å². The lowest BCUT2D eigenvalue weighted by Crippen LogP contribution is -1.90. The first-order valence-electron chi connectivity index (χ1n) is 5.33. The van der Waals surface area contributed by atoms with Crippen LogP contribution in [0.4, 0.5) is 4.39 Å². The highest BCUT2D eigenvalue weighted by molar-refractivity contribution is 5.75. The van der Waals surface area contributed by atoms with E-state index in [1.165, 1.54) is 12.1 Å². The minimum absolute atomic E-state index is 0.0805. The molecule has 0 N–H and O–H groups in total. The summed E-state index contributed by atoms with van der Waals surface area (Å²) in [4.78, 5) is 14.9. The summed E-state index contributed by atoms with van der Waals surface area (Å²) in [6.45, 7) is 3.84. The summed E-state index contributed by atoms with van der Waals surface area (Å²) < 4.78 is 18.3. The van der Waals surface area contributed by atoms with Gasteiger partial charge in [0, 0.05) is 11.5 Å². The van der Waals surface area contributed by atoms with Gasteiger partial charge in [-0.3, -0.25) is 4.79 Å². The van der Waals surface area contributed by atoms with Crippen molar-refractivity contribution in [1.82, 2.24) is 4.98 Å². The topological polar surface area (TPSA) is 43.1 Å². The zero-order chi connectivity index (χ0) is 12.4. The van der Waals surface area contributed by atoms with E-state index in [0.29, 0.717) is 29.2 Å². The molecule has 0 atom stereocenters. The van der Waals surface area contributed by atoms with Gasteiger partial charge in [0.25, 0.3) is 0 Å². The van der Waals surface area contributed by atoms with Gasteiger partial charge in [-0.1, -0.05) is 13.8 Å². The number of nitrogens with zero attached hydrogens (tertiary/aromatic N) is 1. The number of carbonyl (C=O) groups excluding carboxylic acids is 1. The van der Waals surface area contributed by atoms with E-state index in [0.717, 1.165) is 0 Å². The first kappa shape index (κ1) is 11.5. The molecule has 0 aliphatic heterocycles. The van der Waals surface area contributed by atoms with Crippen LogP contribution in [0.3, 0.4) is 0 Å². The minimum Gasteiger partial charge on any atom is -0.440 e. The van der Waals surface area contributed by atoms with Gasteiger partial charge in [-0.05, 0) is 24.3 Å². The molecule has 1 aromatic carbocycles. The van der Waals surface area contributed by atoms with Gasteiger partial charge in [0.05, 0.1) is 0 Å². The molecule has 0 aliphatic carbocycles.